The Morgan fingerprint density at radius 2 is 1.35 bits per heavy atom. The summed E-state index contributed by atoms with van der Waals surface area (Å²) in [5, 5.41) is 12.3. The van der Waals surface area contributed by atoms with Crippen LogP contribution in [0.4, 0.5) is 11.4 Å². The quantitative estimate of drug-likeness (QED) is 0.128. The highest BCUT2D eigenvalue weighted by Crippen LogP contribution is 2.42. The highest BCUT2D eigenvalue weighted by molar-refractivity contribution is 6.30. The van der Waals surface area contributed by atoms with Crippen LogP contribution in [0.2, 0.25) is 5.02 Å². The van der Waals surface area contributed by atoms with Crippen molar-refractivity contribution in [3.8, 4) is 5.75 Å². The van der Waals surface area contributed by atoms with Gasteiger partial charge in [0.05, 0.1) is 16.2 Å². The van der Waals surface area contributed by atoms with E-state index in [-0.39, 0.29) is 11.6 Å². The first-order chi connectivity index (χ1) is 21.0. The van der Waals surface area contributed by atoms with Crippen LogP contribution >= 0.6 is 11.6 Å². The molecule has 1 atom stereocenters. The lowest BCUT2D eigenvalue weighted by Crippen LogP contribution is -2.48. The van der Waals surface area contributed by atoms with Gasteiger partial charge in [-0.25, -0.2) is 0 Å². The lowest BCUT2D eigenvalue weighted by atomic mass is 9.98. The minimum Gasteiger partial charge on any atom is -0.489 e. The largest absolute Gasteiger partial charge is 0.489 e. The summed E-state index contributed by atoms with van der Waals surface area (Å²) in [4.78, 5) is 29.3. The fourth-order valence-electron chi connectivity index (χ4n) is 5.40. The molecule has 0 radical (unpaired) electrons. The monoisotopic (exact) mass is 589 g/mol. The second-order valence-electron chi connectivity index (χ2n) is 10.4. The van der Waals surface area contributed by atoms with Crippen molar-refractivity contribution in [1.29, 1.82) is 0 Å². The molecule has 0 aromatic heterocycles. The number of halogens is 1. The molecule has 0 saturated heterocycles. The van der Waals surface area contributed by atoms with Crippen molar-refractivity contribution >= 4 is 28.9 Å². The maximum absolute atomic E-state index is 14.2. The van der Waals surface area contributed by atoms with Gasteiger partial charge < -0.3 is 14.5 Å². The first-order valence-corrected chi connectivity index (χ1v) is 14.3. The minimum atomic E-state index is -0.483. The number of nitrogens with zero attached hydrogens (tertiary/aromatic N) is 3. The Kier molecular flexibility index (Phi) is 8.07. The maximum Gasteiger partial charge on any atom is 0.270 e. The first kappa shape index (κ1) is 28.0. The van der Waals surface area contributed by atoms with E-state index in [9.17, 15) is 14.9 Å². The number of amides is 1. The fraction of sp³-hybridized carbons (Fsp3) is 0.114. The number of rotatable bonds is 9. The van der Waals surface area contributed by atoms with E-state index in [0.717, 1.165) is 22.3 Å². The molecule has 1 heterocycles. The number of anilines is 1. The van der Waals surface area contributed by atoms with Gasteiger partial charge in [-0.15, -0.1) is 0 Å². The zero-order chi connectivity index (χ0) is 29.8. The molecule has 8 heteroatoms. The second-order valence-corrected chi connectivity index (χ2v) is 10.8. The van der Waals surface area contributed by atoms with Crippen LogP contribution < -0.4 is 9.64 Å². The summed E-state index contributed by atoms with van der Waals surface area (Å²) in [6.45, 7) is 1.18. The third-order valence-electron chi connectivity index (χ3n) is 7.45. The van der Waals surface area contributed by atoms with Gasteiger partial charge in [0, 0.05) is 30.2 Å². The molecule has 0 bridgehead atoms. The number of hydrogen-bond acceptors (Lipinski definition) is 5. The molecule has 214 valence electrons. The van der Waals surface area contributed by atoms with Crippen LogP contribution in [0.1, 0.15) is 38.8 Å². The minimum absolute atomic E-state index is 0.119. The molecule has 6 rings (SSSR count). The van der Waals surface area contributed by atoms with Crippen molar-refractivity contribution < 1.29 is 14.5 Å². The molecule has 0 fully saturated rings. The van der Waals surface area contributed by atoms with E-state index in [1.165, 1.54) is 12.1 Å². The van der Waals surface area contributed by atoms with E-state index < -0.39 is 11.1 Å². The predicted molar refractivity (Wildman–Crippen MR) is 167 cm³/mol. The van der Waals surface area contributed by atoms with Crippen molar-refractivity contribution in [1.82, 2.24) is 4.90 Å². The van der Waals surface area contributed by atoms with Crippen LogP contribution in [0, 0.1) is 10.1 Å². The molecule has 43 heavy (non-hydrogen) atoms. The smallest absolute Gasteiger partial charge is 0.270 e. The molecule has 0 unspecified atom stereocenters. The Hall–Kier alpha value is -5.14. The number of ether oxygens (including phenoxy) is 1. The summed E-state index contributed by atoms with van der Waals surface area (Å²) in [6, 6.07) is 39.5. The molecule has 0 N–H and O–H groups in total. The van der Waals surface area contributed by atoms with E-state index in [1.807, 2.05) is 109 Å². The number of non-ortho nitro benzene ring substituents is 1. The summed E-state index contributed by atoms with van der Waals surface area (Å²) >= 11 is 6.12. The van der Waals surface area contributed by atoms with Crippen LogP contribution in [-0.4, -0.2) is 15.7 Å². The number of hydrogen-bond donors (Lipinski definition) is 0. The fourth-order valence-corrected chi connectivity index (χ4v) is 5.62. The molecule has 0 aliphatic carbocycles. The summed E-state index contributed by atoms with van der Waals surface area (Å²) in [6.07, 6.45) is -0.483. The maximum atomic E-state index is 14.2. The molecule has 1 amide bonds. The molecule has 1 aliphatic rings. The van der Waals surface area contributed by atoms with E-state index in [0.29, 0.717) is 41.7 Å². The molecule has 5 aromatic rings. The highest BCUT2D eigenvalue weighted by Gasteiger charge is 2.39. The Morgan fingerprint density at radius 3 is 1.98 bits per heavy atom. The third-order valence-corrected chi connectivity index (χ3v) is 7.68. The number of nitro groups is 1. The van der Waals surface area contributed by atoms with Gasteiger partial charge in [-0.05, 0) is 52.6 Å². The third kappa shape index (κ3) is 6.22. The second kappa shape index (κ2) is 12.4. The normalized spacial score (nSPS) is 14.3. The van der Waals surface area contributed by atoms with Crippen LogP contribution in [-0.2, 0) is 19.7 Å². The first-order valence-electron chi connectivity index (χ1n) is 13.9. The van der Waals surface area contributed by atoms with Crippen molar-refractivity contribution in [3.05, 3.63) is 170 Å². The van der Waals surface area contributed by atoms with Crippen LogP contribution in [0.5, 0.6) is 5.75 Å². The number of carbonyl (C=O) groups excluding carboxylic acids is 1. The van der Waals surface area contributed by atoms with E-state index in [4.69, 9.17) is 16.3 Å². The average Bonchev–Trinajstić information content (AvgIpc) is 3.03. The van der Waals surface area contributed by atoms with Gasteiger partial charge in [0.15, 0.2) is 0 Å². The number of carbonyl (C=O) groups is 1. The van der Waals surface area contributed by atoms with Gasteiger partial charge in [0.2, 0.25) is 0 Å². The zero-order valence-corrected chi connectivity index (χ0v) is 23.9. The lowest BCUT2D eigenvalue weighted by Gasteiger charge is -2.46. The Morgan fingerprint density at radius 1 is 0.721 bits per heavy atom. The standard InChI is InChI=1S/C35H28ClN3O4/c36-29-13-7-12-27(20-29)24-43-31-17-14-28(15-18-31)34-37(22-25-8-3-1-4-9-25)33-19-16-30(39(41)42)21-32(33)35(40)38(34)23-26-10-5-2-6-11-26/h1-21,34H,22-24H2/t34-/m0/s1. The SMILES string of the molecule is O=C1c2cc([N+](=O)[O-])ccc2N(Cc2ccccc2)[C@H](c2ccc(OCc3cccc(Cl)c3)cc2)N1Cc1ccccc1. The highest BCUT2D eigenvalue weighted by atomic mass is 35.5. The van der Waals surface area contributed by atoms with Gasteiger partial charge in [-0.2, -0.15) is 0 Å². The van der Waals surface area contributed by atoms with Crippen molar-refractivity contribution in [3.63, 3.8) is 0 Å². The summed E-state index contributed by atoms with van der Waals surface area (Å²) in [5.74, 6) is 0.421. The molecular formula is C35H28ClN3O4. The molecule has 7 nitrogen and oxygen atoms in total. The molecule has 1 aliphatic heterocycles. The lowest BCUT2D eigenvalue weighted by molar-refractivity contribution is -0.384. The van der Waals surface area contributed by atoms with E-state index in [1.54, 1.807) is 11.0 Å². The summed E-state index contributed by atoms with van der Waals surface area (Å²) in [7, 11) is 0. The van der Waals surface area contributed by atoms with Gasteiger partial charge in [-0.1, -0.05) is 96.5 Å². The summed E-state index contributed by atoms with van der Waals surface area (Å²) < 4.78 is 6.03. The van der Waals surface area contributed by atoms with Crippen LogP contribution in [0.25, 0.3) is 0 Å². The number of nitro benzene ring substituents is 1. The van der Waals surface area contributed by atoms with Crippen molar-refractivity contribution in [2.24, 2.45) is 0 Å². The molecule has 0 saturated carbocycles. The van der Waals surface area contributed by atoms with Crippen molar-refractivity contribution in [2.75, 3.05) is 4.90 Å². The van der Waals surface area contributed by atoms with Gasteiger partial charge in [0.1, 0.15) is 18.5 Å². The number of benzene rings is 5. The Bertz CT molecular complexity index is 1750. The van der Waals surface area contributed by atoms with Crippen molar-refractivity contribution in [2.45, 2.75) is 25.9 Å². The van der Waals surface area contributed by atoms with Gasteiger partial charge in [0.25, 0.3) is 11.6 Å². The van der Waals surface area contributed by atoms with Crippen LogP contribution in [0.15, 0.2) is 127 Å². The predicted octanol–water partition coefficient (Wildman–Crippen LogP) is 8.19. The summed E-state index contributed by atoms with van der Waals surface area (Å²) in [5.41, 5.74) is 4.69. The zero-order valence-electron chi connectivity index (χ0n) is 23.2. The molecular weight excluding hydrogens is 562 g/mol. The molecule has 0 spiro atoms. The Balaban J connectivity index is 1.41. The van der Waals surface area contributed by atoms with E-state index in [2.05, 4.69) is 4.90 Å². The average molecular weight is 590 g/mol. The number of fused-ring (bicyclic) bond motifs is 1. The Labute approximate surface area is 254 Å². The topological polar surface area (TPSA) is 75.9 Å². The van der Waals surface area contributed by atoms with Gasteiger partial charge in [-0.3, -0.25) is 14.9 Å². The van der Waals surface area contributed by atoms with Crippen LogP contribution in [0.3, 0.4) is 0 Å². The molecule has 5 aromatic carbocycles. The van der Waals surface area contributed by atoms with Gasteiger partial charge >= 0.3 is 0 Å². The van der Waals surface area contributed by atoms with E-state index >= 15 is 0 Å².